The van der Waals surface area contributed by atoms with Crippen LogP contribution < -0.4 is 0 Å². The van der Waals surface area contributed by atoms with Crippen molar-refractivity contribution in [1.82, 2.24) is 19.6 Å². The van der Waals surface area contributed by atoms with Gasteiger partial charge in [0.1, 0.15) is 17.9 Å². The van der Waals surface area contributed by atoms with Crippen molar-refractivity contribution < 1.29 is 9.26 Å². The molecule has 0 bridgehead atoms. The molecule has 3 rings (SSSR count). The number of nitriles is 1. The molecule has 1 unspecified atom stereocenters. The minimum Gasteiger partial charge on any atom is -0.367 e. The van der Waals surface area contributed by atoms with Gasteiger partial charge in [0.15, 0.2) is 0 Å². The van der Waals surface area contributed by atoms with Crippen LogP contribution >= 0.6 is 0 Å². The lowest BCUT2D eigenvalue weighted by molar-refractivity contribution is -0.0334. The van der Waals surface area contributed by atoms with Crippen molar-refractivity contribution in [2.24, 2.45) is 7.05 Å². The van der Waals surface area contributed by atoms with Crippen LogP contribution in [0.1, 0.15) is 24.4 Å². The van der Waals surface area contributed by atoms with Crippen molar-refractivity contribution in [2.75, 3.05) is 26.2 Å². The fraction of sp³-hybridized carbons (Fsp3) is 0.500. The van der Waals surface area contributed by atoms with Crippen LogP contribution in [0.3, 0.4) is 0 Å². The topological polar surface area (TPSA) is 80.1 Å². The van der Waals surface area contributed by atoms with Crippen molar-refractivity contribution in [3.63, 3.8) is 0 Å². The van der Waals surface area contributed by atoms with Gasteiger partial charge < -0.3 is 13.8 Å². The minimum absolute atomic E-state index is 0.160. The Hall–Kier alpha value is -2.17. The molecule has 21 heavy (non-hydrogen) atoms. The Bertz CT molecular complexity index is 669. The summed E-state index contributed by atoms with van der Waals surface area (Å²) in [4.78, 5) is 6.71. The second-order valence-electron chi connectivity index (χ2n) is 5.05. The number of hydrogen-bond donors (Lipinski definition) is 0. The van der Waals surface area contributed by atoms with Crippen molar-refractivity contribution in [1.29, 1.82) is 5.26 Å². The van der Waals surface area contributed by atoms with Crippen LogP contribution in [0.25, 0.3) is 11.6 Å². The van der Waals surface area contributed by atoms with Crippen LogP contribution in [0.15, 0.2) is 16.8 Å². The maximum absolute atomic E-state index is 8.93. The van der Waals surface area contributed by atoms with Gasteiger partial charge in [-0.2, -0.15) is 10.2 Å². The summed E-state index contributed by atoms with van der Waals surface area (Å²) >= 11 is 0. The molecule has 1 fully saturated rings. The van der Waals surface area contributed by atoms with Crippen molar-refractivity contribution >= 4 is 0 Å². The van der Waals surface area contributed by atoms with Gasteiger partial charge >= 0.3 is 0 Å². The molecule has 1 aliphatic rings. The van der Waals surface area contributed by atoms with E-state index in [-0.39, 0.29) is 6.10 Å². The Morgan fingerprint density at radius 3 is 3.10 bits per heavy atom. The van der Waals surface area contributed by atoms with E-state index >= 15 is 0 Å². The van der Waals surface area contributed by atoms with Crippen LogP contribution in [-0.2, 0) is 11.8 Å². The van der Waals surface area contributed by atoms with Gasteiger partial charge in [0.2, 0.25) is 5.82 Å². The molecule has 110 valence electrons. The Labute approximate surface area is 122 Å². The van der Waals surface area contributed by atoms with E-state index in [1.807, 2.05) is 7.05 Å². The monoisotopic (exact) mass is 287 g/mol. The first kappa shape index (κ1) is 13.8. The second kappa shape index (κ2) is 5.68. The zero-order valence-corrected chi connectivity index (χ0v) is 12.1. The zero-order chi connectivity index (χ0) is 14.8. The molecule has 0 aromatic carbocycles. The first-order valence-corrected chi connectivity index (χ1v) is 6.95. The molecule has 0 spiro atoms. The van der Waals surface area contributed by atoms with Crippen LogP contribution in [-0.4, -0.2) is 45.8 Å². The highest BCUT2D eigenvalue weighted by atomic mass is 16.5. The SMILES string of the molecule is CCN1CCOC(c2noc(-c3cc(C#N)cn3C)n2)C1. The predicted molar refractivity (Wildman–Crippen MR) is 74.2 cm³/mol. The van der Waals surface area contributed by atoms with Gasteiger partial charge in [0.05, 0.1) is 12.2 Å². The number of hydrogen-bond acceptors (Lipinski definition) is 6. The van der Waals surface area contributed by atoms with E-state index in [1.54, 1.807) is 16.8 Å². The van der Waals surface area contributed by atoms with E-state index in [9.17, 15) is 0 Å². The average Bonchev–Trinajstić information content (AvgIpc) is 3.13. The molecular formula is C14H17N5O2. The predicted octanol–water partition coefficient (Wildman–Crippen LogP) is 1.34. The van der Waals surface area contributed by atoms with Crippen LogP contribution in [0, 0.1) is 11.3 Å². The van der Waals surface area contributed by atoms with Crippen molar-refractivity contribution in [3.8, 4) is 17.7 Å². The first-order valence-electron chi connectivity index (χ1n) is 6.95. The number of likely N-dealkylation sites (N-methyl/N-ethyl adjacent to an activating group) is 1. The van der Waals surface area contributed by atoms with Gasteiger partial charge in [-0.25, -0.2) is 0 Å². The molecule has 2 aromatic rings. The third-order valence-electron chi connectivity index (χ3n) is 3.68. The van der Waals surface area contributed by atoms with Crippen LogP contribution in [0.5, 0.6) is 0 Å². The number of nitrogens with zero attached hydrogens (tertiary/aromatic N) is 5. The van der Waals surface area contributed by atoms with E-state index in [0.29, 0.717) is 23.9 Å². The maximum atomic E-state index is 8.93. The fourth-order valence-corrected chi connectivity index (χ4v) is 2.45. The third kappa shape index (κ3) is 2.68. The molecule has 1 saturated heterocycles. The van der Waals surface area contributed by atoms with E-state index in [1.165, 1.54) is 0 Å². The summed E-state index contributed by atoms with van der Waals surface area (Å²) < 4.78 is 12.8. The molecule has 2 aromatic heterocycles. The average molecular weight is 287 g/mol. The summed E-state index contributed by atoms with van der Waals surface area (Å²) in [6.07, 6.45) is 1.57. The molecular weight excluding hydrogens is 270 g/mol. The van der Waals surface area contributed by atoms with Gasteiger partial charge in [-0.3, -0.25) is 4.90 Å². The molecule has 1 atom stereocenters. The molecule has 7 heteroatoms. The highest BCUT2D eigenvalue weighted by molar-refractivity contribution is 5.52. The van der Waals surface area contributed by atoms with Crippen molar-refractivity contribution in [3.05, 3.63) is 23.7 Å². The maximum Gasteiger partial charge on any atom is 0.274 e. The lowest BCUT2D eigenvalue weighted by Gasteiger charge is -2.30. The normalized spacial score (nSPS) is 19.6. The highest BCUT2D eigenvalue weighted by Gasteiger charge is 2.26. The quantitative estimate of drug-likeness (QED) is 0.847. The third-order valence-corrected chi connectivity index (χ3v) is 3.68. The molecule has 0 amide bonds. The van der Waals surface area contributed by atoms with Gasteiger partial charge in [0.25, 0.3) is 5.89 Å². The Kier molecular flexibility index (Phi) is 3.73. The highest BCUT2D eigenvalue weighted by Crippen LogP contribution is 2.24. The van der Waals surface area contributed by atoms with Crippen LogP contribution in [0.2, 0.25) is 0 Å². The lowest BCUT2D eigenvalue weighted by atomic mass is 10.2. The summed E-state index contributed by atoms with van der Waals surface area (Å²) in [5.41, 5.74) is 1.30. The summed E-state index contributed by atoms with van der Waals surface area (Å²) in [6, 6.07) is 3.83. The summed E-state index contributed by atoms with van der Waals surface area (Å²) in [7, 11) is 1.84. The minimum atomic E-state index is -0.160. The molecule has 3 heterocycles. The molecule has 0 saturated carbocycles. The lowest BCUT2D eigenvalue weighted by Crippen LogP contribution is -2.38. The molecule has 7 nitrogen and oxygen atoms in total. The smallest absolute Gasteiger partial charge is 0.274 e. The molecule has 0 radical (unpaired) electrons. The first-order chi connectivity index (χ1) is 10.2. The summed E-state index contributed by atoms with van der Waals surface area (Å²) in [5, 5.41) is 13.0. The van der Waals surface area contributed by atoms with E-state index in [0.717, 1.165) is 25.3 Å². The van der Waals surface area contributed by atoms with Gasteiger partial charge in [0, 0.05) is 26.3 Å². The van der Waals surface area contributed by atoms with Crippen LogP contribution in [0.4, 0.5) is 0 Å². The van der Waals surface area contributed by atoms with Crippen molar-refractivity contribution in [2.45, 2.75) is 13.0 Å². The number of aryl methyl sites for hydroxylation is 1. The number of rotatable bonds is 3. The number of ether oxygens (including phenoxy) is 1. The Morgan fingerprint density at radius 2 is 2.38 bits per heavy atom. The van der Waals surface area contributed by atoms with E-state index in [4.69, 9.17) is 14.5 Å². The Balaban J connectivity index is 1.83. The van der Waals surface area contributed by atoms with Gasteiger partial charge in [-0.15, -0.1) is 0 Å². The summed E-state index contributed by atoms with van der Waals surface area (Å²) in [5.74, 6) is 0.967. The van der Waals surface area contributed by atoms with E-state index in [2.05, 4.69) is 28.0 Å². The standard InChI is InChI=1S/C14H17N5O2/c1-3-19-4-5-20-12(9-19)13-16-14(21-17-13)11-6-10(7-15)8-18(11)2/h6,8,12H,3-5,9H2,1-2H3. The zero-order valence-electron chi connectivity index (χ0n) is 12.1. The largest absolute Gasteiger partial charge is 0.367 e. The fourth-order valence-electron chi connectivity index (χ4n) is 2.45. The summed E-state index contributed by atoms with van der Waals surface area (Å²) in [6.45, 7) is 5.48. The molecule has 1 aliphatic heterocycles. The van der Waals surface area contributed by atoms with E-state index < -0.39 is 0 Å². The molecule has 0 aliphatic carbocycles. The molecule has 0 N–H and O–H groups in total. The van der Waals surface area contributed by atoms with Gasteiger partial charge in [-0.05, 0) is 12.6 Å². The number of morpholine rings is 1. The van der Waals surface area contributed by atoms with Gasteiger partial charge in [-0.1, -0.05) is 12.1 Å². The number of aromatic nitrogens is 3. The Morgan fingerprint density at radius 1 is 1.52 bits per heavy atom. The second-order valence-corrected chi connectivity index (χ2v) is 5.05.